The average molecular weight is 352 g/mol. The van der Waals surface area contributed by atoms with Crippen molar-refractivity contribution in [3.63, 3.8) is 0 Å². The highest BCUT2D eigenvalue weighted by Gasteiger charge is 2.32. The van der Waals surface area contributed by atoms with Gasteiger partial charge in [-0.05, 0) is 35.7 Å². The Balaban J connectivity index is 1.77. The first kappa shape index (κ1) is 15.7. The quantitative estimate of drug-likeness (QED) is 0.776. The average Bonchev–Trinajstić information content (AvgIpc) is 3.01. The number of fused-ring (bicyclic) bond motifs is 1. The topological polar surface area (TPSA) is 38.3 Å². The molecule has 0 bridgehead atoms. The second kappa shape index (κ2) is 6.26. The molecule has 3 heterocycles. The smallest absolute Gasteiger partial charge is 0.224 e. The van der Waals surface area contributed by atoms with Crippen molar-refractivity contribution in [2.45, 2.75) is 25.1 Å². The Labute approximate surface area is 143 Å². The van der Waals surface area contributed by atoms with Crippen molar-refractivity contribution in [1.29, 1.82) is 0 Å². The van der Waals surface area contributed by atoms with Crippen LogP contribution in [-0.2, 0) is 11.2 Å². The maximum absolute atomic E-state index is 13.6. The van der Waals surface area contributed by atoms with Crippen LogP contribution in [-0.4, -0.2) is 35.8 Å². The molecule has 126 valence electrons. The maximum Gasteiger partial charge on any atom is 0.224 e. The Morgan fingerprint density at radius 1 is 1.21 bits per heavy atom. The van der Waals surface area contributed by atoms with Crippen LogP contribution >= 0.6 is 11.6 Å². The molecule has 2 aliphatic rings. The highest BCUT2D eigenvalue weighted by molar-refractivity contribution is 6.28. The largest absolute Gasteiger partial charge is 0.367 e. The van der Waals surface area contributed by atoms with Gasteiger partial charge in [-0.1, -0.05) is 12.1 Å². The summed E-state index contributed by atoms with van der Waals surface area (Å²) in [6.45, 7) is 1.44. The molecule has 1 fully saturated rings. The van der Waals surface area contributed by atoms with Gasteiger partial charge in [-0.3, -0.25) is 0 Å². The number of benzene rings is 1. The van der Waals surface area contributed by atoms with Crippen LogP contribution in [0.3, 0.4) is 0 Å². The number of hydrogen-bond acceptors (Lipinski definition) is 4. The Morgan fingerprint density at radius 3 is 2.71 bits per heavy atom. The summed E-state index contributed by atoms with van der Waals surface area (Å²) in [7, 11) is 0. The molecule has 4 nitrogen and oxygen atoms in total. The van der Waals surface area contributed by atoms with Gasteiger partial charge < -0.3 is 9.64 Å². The van der Waals surface area contributed by atoms with Gasteiger partial charge in [-0.15, -0.1) is 0 Å². The number of alkyl halides is 1. The summed E-state index contributed by atoms with van der Waals surface area (Å²) >= 11 is 6.12. The number of anilines is 1. The monoisotopic (exact) mass is 351 g/mol. The van der Waals surface area contributed by atoms with Crippen LogP contribution in [0, 0.1) is 5.82 Å². The van der Waals surface area contributed by atoms with Crippen molar-refractivity contribution in [3.05, 3.63) is 52.2 Å². The summed E-state index contributed by atoms with van der Waals surface area (Å²) < 4.78 is 32.6. The molecule has 0 amide bonds. The number of aromatic nitrogens is 2. The molecule has 1 aromatic carbocycles. The maximum atomic E-state index is 13.6. The first-order valence-electron chi connectivity index (χ1n) is 7.94. The fourth-order valence-corrected chi connectivity index (χ4v) is 3.51. The minimum Gasteiger partial charge on any atom is -0.367 e. The SMILES string of the molecule is Fc1ccc(C2OCCc3c2nc(Cl)nc3N2CCC(F)C2)cc1. The number of hydrogen-bond donors (Lipinski definition) is 0. The van der Waals surface area contributed by atoms with Gasteiger partial charge in [0.25, 0.3) is 0 Å². The van der Waals surface area contributed by atoms with E-state index in [1.54, 1.807) is 12.1 Å². The van der Waals surface area contributed by atoms with Crippen molar-refractivity contribution < 1.29 is 13.5 Å². The zero-order valence-electron chi connectivity index (χ0n) is 12.9. The van der Waals surface area contributed by atoms with Crippen molar-refractivity contribution in [2.75, 3.05) is 24.6 Å². The Hall–Kier alpha value is -1.79. The third-order valence-corrected chi connectivity index (χ3v) is 4.65. The molecule has 0 aliphatic carbocycles. The van der Waals surface area contributed by atoms with Crippen LogP contribution in [0.5, 0.6) is 0 Å². The number of nitrogens with zero attached hydrogens (tertiary/aromatic N) is 3. The van der Waals surface area contributed by atoms with Crippen LogP contribution in [0.25, 0.3) is 0 Å². The fraction of sp³-hybridized carbons (Fsp3) is 0.412. The molecule has 2 unspecified atom stereocenters. The van der Waals surface area contributed by atoms with Crippen molar-refractivity contribution in [2.24, 2.45) is 0 Å². The first-order valence-corrected chi connectivity index (χ1v) is 8.32. The second-order valence-electron chi connectivity index (χ2n) is 6.06. The lowest BCUT2D eigenvalue weighted by Crippen LogP contribution is -2.27. The highest BCUT2D eigenvalue weighted by Crippen LogP contribution is 2.37. The van der Waals surface area contributed by atoms with Crippen molar-refractivity contribution >= 4 is 17.4 Å². The van der Waals surface area contributed by atoms with Crippen LogP contribution in [0.2, 0.25) is 5.28 Å². The predicted octanol–water partition coefficient (Wildman–Crippen LogP) is 3.48. The summed E-state index contributed by atoms with van der Waals surface area (Å²) in [4.78, 5) is 10.6. The van der Waals surface area contributed by atoms with Gasteiger partial charge in [0.2, 0.25) is 5.28 Å². The number of ether oxygens (including phenoxy) is 1. The second-order valence-corrected chi connectivity index (χ2v) is 6.40. The summed E-state index contributed by atoms with van der Waals surface area (Å²) in [6.07, 6.45) is -0.124. The number of halogens is 3. The molecule has 2 aliphatic heterocycles. The van der Waals surface area contributed by atoms with E-state index in [0.717, 1.165) is 11.1 Å². The van der Waals surface area contributed by atoms with E-state index in [4.69, 9.17) is 16.3 Å². The third kappa shape index (κ3) is 2.84. The van der Waals surface area contributed by atoms with Crippen LogP contribution in [0.15, 0.2) is 24.3 Å². The molecule has 0 saturated carbocycles. The molecular formula is C17H16ClF2N3O. The molecule has 24 heavy (non-hydrogen) atoms. The van der Waals surface area contributed by atoms with Crippen LogP contribution in [0.1, 0.15) is 29.3 Å². The Kier molecular flexibility index (Phi) is 4.10. The van der Waals surface area contributed by atoms with Gasteiger partial charge >= 0.3 is 0 Å². The first-order chi connectivity index (χ1) is 11.6. The Bertz CT molecular complexity index is 756. The standard InChI is InChI=1S/C17H16ClF2N3O/c18-17-21-14-13(16(22-17)23-7-5-12(20)9-23)6-8-24-15(14)10-1-3-11(19)4-2-10/h1-4,12,15H,5-9H2. The van der Waals surface area contributed by atoms with E-state index in [1.165, 1.54) is 12.1 Å². The van der Waals surface area contributed by atoms with Gasteiger partial charge in [-0.2, -0.15) is 0 Å². The van der Waals surface area contributed by atoms with E-state index in [1.807, 2.05) is 4.90 Å². The van der Waals surface area contributed by atoms with E-state index in [-0.39, 0.29) is 11.1 Å². The zero-order chi connectivity index (χ0) is 16.7. The van der Waals surface area contributed by atoms with Gasteiger partial charge in [0.05, 0.1) is 18.8 Å². The highest BCUT2D eigenvalue weighted by atomic mass is 35.5. The predicted molar refractivity (Wildman–Crippen MR) is 86.7 cm³/mol. The van der Waals surface area contributed by atoms with Gasteiger partial charge in [-0.25, -0.2) is 18.7 Å². The summed E-state index contributed by atoms with van der Waals surface area (Å²) in [5.74, 6) is 0.391. The molecule has 7 heteroatoms. The molecule has 0 radical (unpaired) electrons. The van der Waals surface area contributed by atoms with Gasteiger partial charge in [0, 0.05) is 18.5 Å². The van der Waals surface area contributed by atoms with E-state index in [0.29, 0.717) is 44.0 Å². The lowest BCUT2D eigenvalue weighted by atomic mass is 9.98. The molecule has 1 saturated heterocycles. The normalized spacial score (nSPS) is 23.4. The van der Waals surface area contributed by atoms with Gasteiger partial charge in [0.1, 0.15) is 23.9 Å². The molecule has 1 aromatic heterocycles. The van der Waals surface area contributed by atoms with Crippen LogP contribution in [0.4, 0.5) is 14.6 Å². The molecule has 4 rings (SSSR count). The molecule has 2 atom stereocenters. The zero-order valence-corrected chi connectivity index (χ0v) is 13.6. The van der Waals surface area contributed by atoms with E-state index in [2.05, 4.69) is 9.97 Å². The molecular weight excluding hydrogens is 336 g/mol. The minimum atomic E-state index is -0.845. The van der Waals surface area contributed by atoms with Crippen molar-refractivity contribution in [1.82, 2.24) is 9.97 Å². The van der Waals surface area contributed by atoms with E-state index < -0.39 is 12.3 Å². The molecule has 0 spiro atoms. The summed E-state index contributed by atoms with van der Waals surface area (Å²) in [5.41, 5.74) is 2.43. The van der Waals surface area contributed by atoms with Gasteiger partial charge in [0.15, 0.2) is 0 Å². The summed E-state index contributed by atoms with van der Waals surface area (Å²) in [6, 6.07) is 6.15. The minimum absolute atomic E-state index is 0.115. The Morgan fingerprint density at radius 2 is 2.00 bits per heavy atom. The van der Waals surface area contributed by atoms with E-state index in [9.17, 15) is 8.78 Å². The van der Waals surface area contributed by atoms with E-state index >= 15 is 0 Å². The van der Waals surface area contributed by atoms with Crippen LogP contribution < -0.4 is 4.90 Å². The third-order valence-electron chi connectivity index (χ3n) is 4.48. The number of rotatable bonds is 2. The lowest BCUT2D eigenvalue weighted by Gasteiger charge is -2.29. The summed E-state index contributed by atoms with van der Waals surface area (Å²) in [5, 5.41) is 0.115. The molecule has 0 N–H and O–H groups in total. The lowest BCUT2D eigenvalue weighted by molar-refractivity contribution is 0.0662. The fourth-order valence-electron chi connectivity index (χ4n) is 3.34. The van der Waals surface area contributed by atoms with Crippen molar-refractivity contribution in [3.8, 4) is 0 Å². The molecule has 2 aromatic rings.